The predicted molar refractivity (Wildman–Crippen MR) is 188 cm³/mol. The van der Waals surface area contributed by atoms with Crippen LogP contribution in [0, 0.1) is 5.92 Å². The highest BCUT2D eigenvalue weighted by Gasteiger charge is 2.17. The first-order valence-corrected chi connectivity index (χ1v) is 15.6. The summed E-state index contributed by atoms with van der Waals surface area (Å²) in [5.74, 6) is -1.87. The molecule has 1 atom stereocenters. The number of carboxylic acid groups (broad SMARTS) is 2. The number of hydrogen-bond donors (Lipinski definition) is 2. The molecule has 1 aromatic carbocycles. The van der Waals surface area contributed by atoms with Crippen molar-refractivity contribution in [1.29, 1.82) is 0 Å². The van der Waals surface area contributed by atoms with Crippen molar-refractivity contribution in [3.8, 4) is 0 Å². The minimum absolute atomic E-state index is 0.156. The second-order valence-corrected chi connectivity index (χ2v) is 10.9. The van der Waals surface area contributed by atoms with Crippen molar-refractivity contribution in [3.63, 3.8) is 0 Å². The molecule has 258 valence electrons. The minimum atomic E-state index is -0.935. The Hall–Kier alpha value is -4.20. The standard InChI is InChI=1S/C11H20O2.C10H16O2.C8H8.C5H8O2.C4H6O2/c1-4-6-7-10(5-2)8-9(3)11(12)13;1-8(2)10(11)12-9-6-4-3-5-7-9;1-2-8-6-4-3-5-7-8;1-4(2)5(6)7-3;1-3(2)4(5)6/h10H,3-8H2,1-2H3,(H,12,13);9H,1,3-7H2,2H3;2-7H,1H2;1H2,2-3H3;1H2,2H3,(H,5,6). The van der Waals surface area contributed by atoms with Crippen LogP contribution in [0.1, 0.15) is 104 Å². The summed E-state index contributed by atoms with van der Waals surface area (Å²) in [6.45, 7) is 26.2. The number of carboxylic acids is 2. The Morgan fingerprint density at radius 3 is 1.65 bits per heavy atom. The molecule has 0 radical (unpaired) electrons. The topological polar surface area (TPSA) is 127 Å². The van der Waals surface area contributed by atoms with Gasteiger partial charge in [0.1, 0.15) is 6.10 Å². The maximum Gasteiger partial charge on any atom is 0.333 e. The number of rotatable bonds is 12. The fraction of sp³-hybridized carbons (Fsp3) is 0.474. The Morgan fingerprint density at radius 2 is 1.35 bits per heavy atom. The maximum atomic E-state index is 11.1. The van der Waals surface area contributed by atoms with Gasteiger partial charge in [0.05, 0.1) is 7.11 Å². The van der Waals surface area contributed by atoms with Crippen molar-refractivity contribution in [3.05, 3.63) is 91.1 Å². The van der Waals surface area contributed by atoms with E-state index in [2.05, 4.69) is 51.5 Å². The van der Waals surface area contributed by atoms with E-state index in [1.54, 1.807) is 13.8 Å². The Balaban J connectivity index is -0.000000519. The summed E-state index contributed by atoms with van der Waals surface area (Å²) >= 11 is 0. The van der Waals surface area contributed by atoms with Crippen LogP contribution in [-0.4, -0.2) is 47.3 Å². The van der Waals surface area contributed by atoms with E-state index in [0.29, 0.717) is 29.1 Å². The van der Waals surface area contributed by atoms with E-state index in [1.807, 2.05) is 36.4 Å². The highest BCUT2D eigenvalue weighted by molar-refractivity contribution is 5.87. The third-order valence-electron chi connectivity index (χ3n) is 6.49. The average Bonchev–Trinajstić information content (AvgIpc) is 3.04. The Labute approximate surface area is 277 Å². The largest absolute Gasteiger partial charge is 0.478 e. The Bertz CT molecular complexity index is 1080. The molecule has 0 saturated heterocycles. The summed E-state index contributed by atoms with van der Waals surface area (Å²) in [6, 6.07) is 10.0. The van der Waals surface area contributed by atoms with E-state index >= 15 is 0 Å². The molecule has 8 heteroatoms. The molecule has 2 rings (SSSR count). The second kappa shape index (κ2) is 29.5. The molecule has 0 bridgehead atoms. The average molecular weight is 643 g/mol. The van der Waals surface area contributed by atoms with E-state index in [4.69, 9.17) is 14.9 Å². The third-order valence-corrected chi connectivity index (χ3v) is 6.49. The van der Waals surface area contributed by atoms with Crippen LogP contribution in [0.15, 0.2) is 85.5 Å². The van der Waals surface area contributed by atoms with Gasteiger partial charge in [0.25, 0.3) is 0 Å². The third kappa shape index (κ3) is 28.6. The molecular weight excluding hydrogens is 584 g/mol. The molecule has 1 aromatic rings. The van der Waals surface area contributed by atoms with Crippen molar-refractivity contribution in [2.24, 2.45) is 5.92 Å². The van der Waals surface area contributed by atoms with Gasteiger partial charge in [0, 0.05) is 22.3 Å². The van der Waals surface area contributed by atoms with Crippen molar-refractivity contribution < 1.29 is 38.9 Å². The lowest BCUT2D eigenvalue weighted by Gasteiger charge is -2.21. The molecule has 0 amide bonds. The van der Waals surface area contributed by atoms with Gasteiger partial charge in [-0.15, -0.1) is 0 Å². The molecule has 0 heterocycles. The van der Waals surface area contributed by atoms with Gasteiger partial charge in [0.2, 0.25) is 0 Å². The van der Waals surface area contributed by atoms with Crippen LogP contribution in [0.5, 0.6) is 0 Å². The molecule has 0 aliphatic heterocycles. The maximum absolute atomic E-state index is 11.1. The number of benzene rings is 1. The lowest BCUT2D eigenvalue weighted by Crippen LogP contribution is -2.20. The summed E-state index contributed by atoms with van der Waals surface area (Å²) in [7, 11) is 1.33. The fourth-order valence-corrected chi connectivity index (χ4v) is 3.58. The smallest absolute Gasteiger partial charge is 0.333 e. The van der Waals surface area contributed by atoms with E-state index in [9.17, 15) is 19.2 Å². The van der Waals surface area contributed by atoms with Gasteiger partial charge >= 0.3 is 23.9 Å². The van der Waals surface area contributed by atoms with E-state index < -0.39 is 11.9 Å². The minimum Gasteiger partial charge on any atom is -0.478 e. The molecule has 2 N–H and O–H groups in total. The van der Waals surface area contributed by atoms with Gasteiger partial charge < -0.3 is 19.7 Å². The van der Waals surface area contributed by atoms with Gasteiger partial charge in [-0.3, -0.25) is 0 Å². The molecule has 8 nitrogen and oxygen atoms in total. The number of methoxy groups -OCH3 is 1. The number of unbranched alkanes of at least 4 members (excludes halogenated alkanes) is 1. The molecule has 46 heavy (non-hydrogen) atoms. The predicted octanol–water partition coefficient (Wildman–Crippen LogP) is 9.38. The molecule has 1 aliphatic rings. The molecule has 1 saturated carbocycles. The van der Waals surface area contributed by atoms with Crippen molar-refractivity contribution in [1.82, 2.24) is 0 Å². The summed E-state index contributed by atoms with van der Waals surface area (Å²) in [6.07, 6.45) is 12.9. The number of carbonyl (C=O) groups is 4. The normalized spacial score (nSPS) is 12.0. The van der Waals surface area contributed by atoms with Crippen LogP contribution in [0.4, 0.5) is 0 Å². The van der Waals surface area contributed by atoms with Crippen LogP contribution >= 0.6 is 0 Å². The van der Waals surface area contributed by atoms with Crippen molar-refractivity contribution >= 4 is 30.0 Å². The van der Waals surface area contributed by atoms with Gasteiger partial charge in [-0.2, -0.15) is 0 Å². The quantitative estimate of drug-likeness (QED) is 0.171. The Morgan fingerprint density at radius 1 is 0.848 bits per heavy atom. The molecule has 1 fully saturated rings. The summed E-state index contributed by atoms with van der Waals surface area (Å²) in [5.41, 5.74) is 2.63. The van der Waals surface area contributed by atoms with Gasteiger partial charge in [-0.05, 0) is 64.4 Å². The van der Waals surface area contributed by atoms with Crippen LogP contribution in [0.2, 0.25) is 0 Å². The second-order valence-electron chi connectivity index (χ2n) is 10.9. The first-order valence-electron chi connectivity index (χ1n) is 15.6. The molecule has 1 unspecified atom stereocenters. The summed E-state index contributed by atoms with van der Waals surface area (Å²) in [4.78, 5) is 41.4. The van der Waals surface area contributed by atoms with Gasteiger partial charge in [0.15, 0.2) is 0 Å². The zero-order chi connectivity index (χ0) is 36.1. The summed E-state index contributed by atoms with van der Waals surface area (Å²) < 4.78 is 9.49. The van der Waals surface area contributed by atoms with Crippen LogP contribution < -0.4 is 0 Å². The lowest BCUT2D eigenvalue weighted by molar-refractivity contribution is -0.145. The fourth-order valence-electron chi connectivity index (χ4n) is 3.58. The van der Waals surface area contributed by atoms with Crippen LogP contribution in [0.3, 0.4) is 0 Å². The van der Waals surface area contributed by atoms with Crippen molar-refractivity contribution in [2.45, 2.75) is 105 Å². The monoisotopic (exact) mass is 642 g/mol. The zero-order valence-corrected chi connectivity index (χ0v) is 29.1. The molecule has 0 spiro atoms. The van der Waals surface area contributed by atoms with Crippen molar-refractivity contribution in [2.75, 3.05) is 7.11 Å². The SMILES string of the molecule is C=C(C)C(=O)O.C=C(C)C(=O)OC.C=C(C)C(=O)OC1CCCCC1.C=C(CC(CC)CCCC)C(=O)O.C=Cc1ccccc1. The first-order chi connectivity index (χ1) is 21.6. The van der Waals surface area contributed by atoms with E-state index in [1.165, 1.54) is 51.7 Å². The summed E-state index contributed by atoms with van der Waals surface area (Å²) in [5, 5.41) is 16.5. The molecular formula is C38H58O8. The number of hydrogen-bond acceptors (Lipinski definition) is 6. The zero-order valence-electron chi connectivity index (χ0n) is 29.1. The van der Waals surface area contributed by atoms with Gasteiger partial charge in [-0.1, -0.05) is 115 Å². The highest BCUT2D eigenvalue weighted by Crippen LogP contribution is 2.21. The molecule has 0 aromatic heterocycles. The molecule has 1 aliphatic carbocycles. The Kier molecular flexibility index (Phi) is 29.6. The van der Waals surface area contributed by atoms with Crippen LogP contribution in [-0.2, 0) is 28.7 Å². The number of carbonyl (C=O) groups excluding carboxylic acids is 2. The first kappa shape index (κ1) is 46.2. The van der Waals surface area contributed by atoms with E-state index in [0.717, 1.165) is 25.7 Å². The number of esters is 2. The van der Waals surface area contributed by atoms with E-state index in [-0.39, 0.29) is 23.6 Å². The number of aliphatic carboxylic acids is 2. The number of ether oxygens (including phenoxy) is 2. The van der Waals surface area contributed by atoms with Gasteiger partial charge in [-0.25, -0.2) is 19.2 Å². The highest BCUT2D eigenvalue weighted by atomic mass is 16.5. The lowest BCUT2D eigenvalue weighted by atomic mass is 9.92. The van der Waals surface area contributed by atoms with Crippen LogP contribution in [0.25, 0.3) is 6.08 Å².